The van der Waals surface area contributed by atoms with Crippen molar-refractivity contribution in [2.75, 3.05) is 13.1 Å². The molecule has 3 N–H and O–H groups in total. The van der Waals surface area contributed by atoms with Gasteiger partial charge in [0.2, 0.25) is 10.0 Å². The summed E-state index contributed by atoms with van der Waals surface area (Å²) in [7, 11) is -3.76. The second-order valence-corrected chi connectivity index (χ2v) is 6.18. The lowest BCUT2D eigenvalue weighted by Gasteiger charge is -2.21. The Hall–Kier alpha value is -1.47. The van der Waals surface area contributed by atoms with Crippen molar-refractivity contribution in [1.82, 2.24) is 4.31 Å². The summed E-state index contributed by atoms with van der Waals surface area (Å²) in [6, 6.07) is 3.52. The Labute approximate surface area is 112 Å². The summed E-state index contributed by atoms with van der Waals surface area (Å²) < 4.78 is 39.0. The molecule has 0 unspecified atom stereocenters. The molecule has 1 aromatic carbocycles. The van der Waals surface area contributed by atoms with Crippen molar-refractivity contribution in [2.24, 2.45) is 5.73 Å². The summed E-state index contributed by atoms with van der Waals surface area (Å²) in [5.41, 5.74) is 5.62. The third kappa shape index (κ3) is 3.74. The topological polar surface area (TPSA) is 87.2 Å². The molecule has 0 aliphatic heterocycles. The molecule has 0 radical (unpaired) electrons. The summed E-state index contributed by atoms with van der Waals surface area (Å²) in [4.78, 5) is 0.0450. The Morgan fingerprint density at radius 3 is 2.58 bits per heavy atom. The Morgan fingerprint density at radius 2 is 2.11 bits per heavy atom. The first-order chi connectivity index (χ1) is 8.78. The lowest BCUT2D eigenvalue weighted by Crippen LogP contribution is -2.38. The molecule has 1 rings (SSSR count). The van der Waals surface area contributed by atoms with Crippen LogP contribution < -0.4 is 5.73 Å². The average molecular weight is 287 g/mol. The molecule has 0 bridgehead atoms. The van der Waals surface area contributed by atoms with Gasteiger partial charge in [0.1, 0.15) is 11.7 Å². The molecule has 7 heteroatoms. The van der Waals surface area contributed by atoms with Gasteiger partial charge in [0.25, 0.3) is 0 Å². The second kappa shape index (κ2) is 6.12. The molecule has 19 heavy (non-hydrogen) atoms. The molecule has 0 spiro atoms. The van der Waals surface area contributed by atoms with Crippen LogP contribution in [0.2, 0.25) is 0 Å². The van der Waals surface area contributed by atoms with E-state index in [4.69, 9.17) is 11.1 Å². The molecule has 0 atom stereocenters. The van der Waals surface area contributed by atoms with Crippen molar-refractivity contribution < 1.29 is 12.8 Å². The number of nitrogens with zero attached hydrogens (tertiary/aromatic N) is 1. The van der Waals surface area contributed by atoms with E-state index in [0.29, 0.717) is 12.0 Å². The van der Waals surface area contributed by atoms with Crippen LogP contribution in [0, 0.1) is 18.2 Å². The molecule has 106 valence electrons. The number of sulfonamides is 1. The van der Waals surface area contributed by atoms with Crippen molar-refractivity contribution in [3.05, 3.63) is 29.6 Å². The van der Waals surface area contributed by atoms with Crippen LogP contribution in [0.25, 0.3) is 0 Å². The number of nitrogens with one attached hydrogen (secondary N) is 1. The van der Waals surface area contributed by atoms with Crippen LogP contribution in [-0.2, 0) is 10.0 Å². The summed E-state index contributed by atoms with van der Waals surface area (Å²) >= 11 is 0. The van der Waals surface area contributed by atoms with Gasteiger partial charge in [-0.05, 0) is 37.1 Å². The first-order valence-corrected chi connectivity index (χ1v) is 7.32. The number of rotatable bonds is 6. The third-order valence-corrected chi connectivity index (χ3v) is 4.58. The fraction of sp³-hybridized carbons (Fsp3) is 0.417. The van der Waals surface area contributed by atoms with Gasteiger partial charge in [0.15, 0.2) is 0 Å². The summed E-state index contributed by atoms with van der Waals surface area (Å²) in [6.07, 6.45) is 0.604. The Morgan fingerprint density at radius 1 is 1.47 bits per heavy atom. The molecular weight excluding hydrogens is 269 g/mol. The highest BCUT2D eigenvalue weighted by Gasteiger charge is 2.26. The maximum Gasteiger partial charge on any atom is 0.243 e. The maximum absolute atomic E-state index is 13.0. The van der Waals surface area contributed by atoms with Crippen molar-refractivity contribution >= 4 is 15.9 Å². The predicted molar refractivity (Wildman–Crippen MR) is 72.1 cm³/mol. The van der Waals surface area contributed by atoms with E-state index in [1.54, 1.807) is 0 Å². The summed E-state index contributed by atoms with van der Waals surface area (Å²) in [5, 5.41) is 7.25. The molecule has 0 heterocycles. The third-order valence-electron chi connectivity index (χ3n) is 2.57. The number of hydrogen-bond acceptors (Lipinski definition) is 3. The lowest BCUT2D eigenvalue weighted by atomic mass is 10.2. The molecule has 0 saturated carbocycles. The van der Waals surface area contributed by atoms with E-state index >= 15 is 0 Å². The monoisotopic (exact) mass is 287 g/mol. The zero-order valence-electron chi connectivity index (χ0n) is 11.0. The maximum atomic E-state index is 13.0. The number of amidine groups is 1. The first-order valence-electron chi connectivity index (χ1n) is 5.88. The van der Waals surface area contributed by atoms with E-state index < -0.39 is 15.8 Å². The van der Waals surface area contributed by atoms with Gasteiger partial charge in [-0.1, -0.05) is 6.92 Å². The van der Waals surface area contributed by atoms with Crippen LogP contribution >= 0.6 is 0 Å². The number of benzene rings is 1. The molecule has 0 amide bonds. The van der Waals surface area contributed by atoms with Gasteiger partial charge >= 0.3 is 0 Å². The molecule has 0 saturated heterocycles. The van der Waals surface area contributed by atoms with Gasteiger partial charge in [-0.2, -0.15) is 4.31 Å². The fourth-order valence-corrected chi connectivity index (χ4v) is 3.48. The number of hydrogen-bond donors (Lipinski definition) is 2. The van der Waals surface area contributed by atoms with Gasteiger partial charge in [0.05, 0.1) is 11.4 Å². The fourth-order valence-electron chi connectivity index (χ4n) is 1.76. The zero-order valence-corrected chi connectivity index (χ0v) is 11.8. The minimum absolute atomic E-state index is 0.0450. The normalized spacial score (nSPS) is 11.8. The van der Waals surface area contributed by atoms with Crippen molar-refractivity contribution in [3.8, 4) is 0 Å². The van der Waals surface area contributed by atoms with E-state index in [9.17, 15) is 12.8 Å². The Kier molecular flexibility index (Phi) is 5.02. The Balaban J connectivity index is 3.22. The standard InChI is InChI=1S/C12H18FN3O2S/c1-3-6-16(8-12(14)15)19(17,18)11-5-4-10(13)7-9(11)2/h4-5,7H,3,6,8H2,1-2H3,(H3,14,15). The molecule has 5 nitrogen and oxygen atoms in total. The van der Waals surface area contributed by atoms with Gasteiger partial charge in [-0.15, -0.1) is 0 Å². The van der Waals surface area contributed by atoms with Crippen LogP contribution in [0.4, 0.5) is 4.39 Å². The largest absolute Gasteiger partial charge is 0.387 e. The minimum atomic E-state index is -3.76. The summed E-state index contributed by atoms with van der Waals surface area (Å²) in [5.74, 6) is -0.707. The highest BCUT2D eigenvalue weighted by molar-refractivity contribution is 7.89. The molecular formula is C12H18FN3O2S. The molecule has 0 aliphatic carbocycles. The summed E-state index contributed by atoms with van der Waals surface area (Å²) in [6.45, 7) is 3.47. The molecule has 1 aromatic rings. The quantitative estimate of drug-likeness (QED) is 0.613. The molecule has 0 fully saturated rings. The van der Waals surface area contributed by atoms with Crippen molar-refractivity contribution in [1.29, 1.82) is 5.41 Å². The number of nitrogens with two attached hydrogens (primary N) is 1. The minimum Gasteiger partial charge on any atom is -0.387 e. The highest BCUT2D eigenvalue weighted by atomic mass is 32.2. The SMILES string of the molecule is CCCN(CC(=N)N)S(=O)(=O)c1ccc(F)cc1C. The number of halogens is 1. The van der Waals surface area contributed by atoms with E-state index in [-0.39, 0.29) is 23.8 Å². The van der Waals surface area contributed by atoms with Gasteiger partial charge in [-0.25, -0.2) is 12.8 Å². The van der Waals surface area contributed by atoms with Crippen LogP contribution in [0.5, 0.6) is 0 Å². The van der Waals surface area contributed by atoms with Crippen LogP contribution in [0.1, 0.15) is 18.9 Å². The molecule has 0 aromatic heterocycles. The highest BCUT2D eigenvalue weighted by Crippen LogP contribution is 2.20. The van der Waals surface area contributed by atoms with Crippen molar-refractivity contribution in [2.45, 2.75) is 25.2 Å². The van der Waals surface area contributed by atoms with E-state index in [1.165, 1.54) is 19.1 Å². The van der Waals surface area contributed by atoms with Crippen LogP contribution in [0.3, 0.4) is 0 Å². The first kappa shape index (κ1) is 15.6. The average Bonchev–Trinajstić information content (AvgIpc) is 2.27. The van der Waals surface area contributed by atoms with E-state index in [1.807, 2.05) is 6.92 Å². The molecule has 0 aliphatic rings. The van der Waals surface area contributed by atoms with Gasteiger partial charge in [-0.3, -0.25) is 5.41 Å². The van der Waals surface area contributed by atoms with Crippen LogP contribution in [0.15, 0.2) is 23.1 Å². The smallest absolute Gasteiger partial charge is 0.243 e. The lowest BCUT2D eigenvalue weighted by molar-refractivity contribution is 0.447. The zero-order chi connectivity index (χ0) is 14.6. The second-order valence-electron chi connectivity index (χ2n) is 4.27. The van der Waals surface area contributed by atoms with Crippen molar-refractivity contribution in [3.63, 3.8) is 0 Å². The predicted octanol–water partition coefficient (Wildman–Crippen LogP) is 1.47. The number of aryl methyl sites for hydroxylation is 1. The van der Waals surface area contributed by atoms with Crippen LogP contribution in [-0.4, -0.2) is 31.6 Å². The van der Waals surface area contributed by atoms with E-state index in [2.05, 4.69) is 0 Å². The van der Waals surface area contributed by atoms with Gasteiger partial charge in [0, 0.05) is 6.54 Å². The van der Waals surface area contributed by atoms with Gasteiger partial charge < -0.3 is 5.73 Å². The Bertz CT molecular complexity index is 572. The van der Waals surface area contributed by atoms with E-state index in [0.717, 1.165) is 10.4 Å².